The quantitative estimate of drug-likeness (QED) is 0.614. The molecule has 2 atom stereocenters. The summed E-state index contributed by atoms with van der Waals surface area (Å²) in [7, 11) is 1.70. The van der Waals surface area contributed by atoms with Gasteiger partial charge in [-0.05, 0) is 92.1 Å². The second-order valence-electron chi connectivity index (χ2n) is 8.10. The summed E-state index contributed by atoms with van der Waals surface area (Å²) in [5.41, 5.74) is 5.71. The van der Waals surface area contributed by atoms with Gasteiger partial charge in [-0.15, -0.1) is 0 Å². The Morgan fingerprint density at radius 1 is 0.966 bits per heavy atom. The standard InChI is InChI=1S/C25H35NO3/c1-9-23(29-20-11-10-16(4)17(5)12-20)25(27)26-19(7)22-14-21(15(2)3)24(28-8)13-18(22)6/h10-15,19,23H,9H2,1-8H3,(H,26,27)/t19-,23+/m1/s1. The van der Waals surface area contributed by atoms with Crippen LogP contribution in [-0.4, -0.2) is 19.1 Å². The van der Waals surface area contributed by atoms with Crippen molar-refractivity contribution in [1.29, 1.82) is 0 Å². The van der Waals surface area contributed by atoms with Gasteiger partial charge in [-0.1, -0.05) is 26.8 Å². The molecule has 0 bridgehead atoms. The van der Waals surface area contributed by atoms with Gasteiger partial charge >= 0.3 is 0 Å². The Morgan fingerprint density at radius 2 is 1.66 bits per heavy atom. The number of hydrogen-bond acceptors (Lipinski definition) is 3. The van der Waals surface area contributed by atoms with Crippen molar-refractivity contribution in [3.63, 3.8) is 0 Å². The Hall–Kier alpha value is -2.49. The molecular formula is C25H35NO3. The highest BCUT2D eigenvalue weighted by Gasteiger charge is 2.22. The number of hydrogen-bond donors (Lipinski definition) is 1. The van der Waals surface area contributed by atoms with Crippen molar-refractivity contribution in [3.8, 4) is 11.5 Å². The molecule has 0 unspecified atom stereocenters. The molecule has 0 heterocycles. The molecule has 0 saturated carbocycles. The second kappa shape index (κ2) is 9.82. The number of carbonyl (C=O) groups excluding carboxylic acids is 1. The molecule has 2 rings (SSSR count). The van der Waals surface area contributed by atoms with Crippen LogP contribution in [0.4, 0.5) is 0 Å². The zero-order chi connectivity index (χ0) is 21.7. The van der Waals surface area contributed by atoms with Crippen molar-refractivity contribution in [1.82, 2.24) is 5.32 Å². The maximum Gasteiger partial charge on any atom is 0.261 e. The van der Waals surface area contributed by atoms with Gasteiger partial charge in [0.05, 0.1) is 13.2 Å². The van der Waals surface area contributed by atoms with E-state index >= 15 is 0 Å². The third kappa shape index (κ3) is 5.53. The van der Waals surface area contributed by atoms with Crippen molar-refractivity contribution in [2.75, 3.05) is 7.11 Å². The number of methoxy groups -OCH3 is 1. The average molecular weight is 398 g/mol. The zero-order valence-corrected chi connectivity index (χ0v) is 19.1. The Bertz CT molecular complexity index is 857. The minimum absolute atomic E-state index is 0.0976. The number of nitrogens with one attached hydrogen (secondary N) is 1. The number of carbonyl (C=O) groups is 1. The van der Waals surface area contributed by atoms with E-state index in [9.17, 15) is 4.79 Å². The van der Waals surface area contributed by atoms with Gasteiger partial charge in [-0.3, -0.25) is 4.79 Å². The van der Waals surface area contributed by atoms with E-state index in [2.05, 4.69) is 38.2 Å². The molecule has 4 heteroatoms. The molecule has 0 aromatic heterocycles. The number of ether oxygens (including phenoxy) is 2. The summed E-state index contributed by atoms with van der Waals surface area (Å²) in [6.45, 7) is 14.4. The maximum atomic E-state index is 12.9. The van der Waals surface area contributed by atoms with E-state index in [1.165, 1.54) is 5.56 Å². The van der Waals surface area contributed by atoms with Gasteiger partial charge in [0.25, 0.3) is 5.91 Å². The second-order valence-corrected chi connectivity index (χ2v) is 8.10. The lowest BCUT2D eigenvalue weighted by atomic mass is 9.93. The fourth-order valence-corrected chi connectivity index (χ4v) is 3.47. The fourth-order valence-electron chi connectivity index (χ4n) is 3.47. The van der Waals surface area contributed by atoms with Crippen LogP contribution < -0.4 is 14.8 Å². The Kier molecular flexibility index (Phi) is 7.72. The summed E-state index contributed by atoms with van der Waals surface area (Å²) in [6, 6.07) is 10.0. The maximum absolute atomic E-state index is 12.9. The lowest BCUT2D eigenvalue weighted by molar-refractivity contribution is -0.128. The van der Waals surface area contributed by atoms with E-state index < -0.39 is 6.10 Å². The molecule has 0 spiro atoms. The number of benzene rings is 2. The third-order valence-corrected chi connectivity index (χ3v) is 5.49. The van der Waals surface area contributed by atoms with Crippen LogP contribution in [0, 0.1) is 20.8 Å². The normalized spacial score (nSPS) is 13.1. The molecule has 0 saturated heterocycles. The van der Waals surface area contributed by atoms with Crippen LogP contribution in [0.1, 0.15) is 73.9 Å². The molecular weight excluding hydrogens is 362 g/mol. The van der Waals surface area contributed by atoms with E-state index in [0.29, 0.717) is 12.3 Å². The van der Waals surface area contributed by atoms with Crippen molar-refractivity contribution < 1.29 is 14.3 Å². The third-order valence-electron chi connectivity index (χ3n) is 5.49. The fraction of sp³-hybridized carbons (Fsp3) is 0.480. The highest BCUT2D eigenvalue weighted by atomic mass is 16.5. The molecule has 0 fully saturated rings. The van der Waals surface area contributed by atoms with Gasteiger partial charge in [0, 0.05) is 0 Å². The van der Waals surface area contributed by atoms with Crippen LogP contribution in [0.25, 0.3) is 0 Å². The highest BCUT2D eigenvalue weighted by Crippen LogP contribution is 2.32. The highest BCUT2D eigenvalue weighted by molar-refractivity contribution is 5.81. The molecule has 158 valence electrons. The zero-order valence-electron chi connectivity index (χ0n) is 19.1. The molecule has 1 amide bonds. The summed E-state index contributed by atoms with van der Waals surface area (Å²) >= 11 is 0. The minimum atomic E-state index is -0.525. The van der Waals surface area contributed by atoms with Gasteiger partial charge in [-0.2, -0.15) is 0 Å². The van der Waals surface area contributed by atoms with Gasteiger partial charge < -0.3 is 14.8 Å². The van der Waals surface area contributed by atoms with E-state index in [-0.39, 0.29) is 11.9 Å². The van der Waals surface area contributed by atoms with Gasteiger partial charge in [0.1, 0.15) is 11.5 Å². The molecule has 1 N–H and O–H groups in total. The average Bonchev–Trinajstić information content (AvgIpc) is 2.67. The molecule has 4 nitrogen and oxygen atoms in total. The summed E-state index contributed by atoms with van der Waals surface area (Å²) in [5, 5.41) is 3.13. The van der Waals surface area contributed by atoms with Crippen LogP contribution in [0.2, 0.25) is 0 Å². The summed E-state index contributed by atoms with van der Waals surface area (Å²) in [5.74, 6) is 1.86. The Balaban J connectivity index is 2.17. The lowest BCUT2D eigenvalue weighted by Gasteiger charge is -2.24. The minimum Gasteiger partial charge on any atom is -0.496 e. The topological polar surface area (TPSA) is 47.6 Å². The van der Waals surface area contributed by atoms with Crippen molar-refractivity contribution in [3.05, 3.63) is 58.1 Å². The molecule has 2 aromatic rings. The smallest absolute Gasteiger partial charge is 0.261 e. The molecule has 29 heavy (non-hydrogen) atoms. The van der Waals surface area contributed by atoms with E-state index in [1.807, 2.05) is 45.9 Å². The first-order chi connectivity index (χ1) is 13.7. The molecule has 0 aliphatic rings. The van der Waals surface area contributed by atoms with E-state index in [0.717, 1.165) is 33.8 Å². The van der Waals surface area contributed by atoms with Crippen LogP contribution in [0.5, 0.6) is 11.5 Å². The lowest BCUT2D eigenvalue weighted by Crippen LogP contribution is -2.39. The SMILES string of the molecule is CC[C@H](Oc1ccc(C)c(C)c1)C(=O)N[C@H](C)c1cc(C(C)C)c(OC)cc1C. The van der Waals surface area contributed by atoms with Gasteiger partial charge in [-0.25, -0.2) is 0 Å². The monoisotopic (exact) mass is 397 g/mol. The van der Waals surface area contributed by atoms with Crippen molar-refractivity contribution >= 4 is 5.91 Å². The molecule has 0 aliphatic carbocycles. The van der Waals surface area contributed by atoms with Crippen LogP contribution in [0.3, 0.4) is 0 Å². The van der Waals surface area contributed by atoms with Crippen LogP contribution in [-0.2, 0) is 4.79 Å². The first kappa shape index (κ1) is 22.8. The molecule has 0 aliphatic heterocycles. The number of amides is 1. The largest absolute Gasteiger partial charge is 0.496 e. The predicted molar refractivity (Wildman–Crippen MR) is 119 cm³/mol. The summed E-state index contributed by atoms with van der Waals surface area (Å²) in [6.07, 6.45) is 0.0762. The van der Waals surface area contributed by atoms with Crippen molar-refractivity contribution in [2.45, 2.75) is 73.0 Å². The summed E-state index contributed by atoms with van der Waals surface area (Å²) in [4.78, 5) is 12.9. The Morgan fingerprint density at radius 3 is 2.21 bits per heavy atom. The van der Waals surface area contributed by atoms with E-state index in [1.54, 1.807) is 7.11 Å². The summed E-state index contributed by atoms with van der Waals surface area (Å²) < 4.78 is 11.5. The van der Waals surface area contributed by atoms with Crippen LogP contribution >= 0.6 is 0 Å². The van der Waals surface area contributed by atoms with Gasteiger partial charge in [0.15, 0.2) is 6.10 Å². The molecule has 2 aromatic carbocycles. The first-order valence-electron chi connectivity index (χ1n) is 10.4. The van der Waals surface area contributed by atoms with Gasteiger partial charge in [0.2, 0.25) is 0 Å². The number of aryl methyl sites for hydroxylation is 3. The number of rotatable bonds is 8. The molecule has 0 radical (unpaired) electrons. The first-order valence-corrected chi connectivity index (χ1v) is 10.4. The van der Waals surface area contributed by atoms with Crippen LogP contribution in [0.15, 0.2) is 30.3 Å². The Labute approximate surface area is 175 Å². The predicted octanol–water partition coefficient (Wildman–Crippen LogP) is 5.78. The van der Waals surface area contributed by atoms with Crippen molar-refractivity contribution in [2.24, 2.45) is 0 Å². The van der Waals surface area contributed by atoms with E-state index in [4.69, 9.17) is 9.47 Å².